The third-order valence-electron chi connectivity index (χ3n) is 1.44. The van der Waals surface area contributed by atoms with Crippen LogP contribution in [0.25, 0.3) is 0 Å². The lowest BCUT2D eigenvalue weighted by Gasteiger charge is -2.06. The van der Waals surface area contributed by atoms with Crippen LogP contribution in [-0.2, 0) is 20.2 Å². The molecule has 9 heteroatoms. The second-order valence-corrected chi connectivity index (χ2v) is 6.33. The fourth-order valence-corrected chi connectivity index (χ4v) is 2.30. The first-order valence-corrected chi connectivity index (χ1v) is 7.71. The van der Waals surface area contributed by atoms with Gasteiger partial charge in [-0.15, -0.1) is 0 Å². The second kappa shape index (κ2) is 6.38. The Morgan fingerprint density at radius 1 is 1.07 bits per heavy atom. The lowest BCUT2D eigenvalue weighted by atomic mass is 10.5. The van der Waals surface area contributed by atoms with Crippen LogP contribution in [0.15, 0.2) is 0 Å². The fraction of sp³-hybridized carbons (Fsp3) is 1.00. The van der Waals surface area contributed by atoms with Crippen LogP contribution in [0.1, 0.15) is 19.8 Å². The molecule has 0 spiro atoms. The van der Waals surface area contributed by atoms with Crippen molar-refractivity contribution in [3.63, 3.8) is 0 Å². The minimum absolute atomic E-state index is 0.0511. The molecule has 15 heavy (non-hydrogen) atoms. The minimum atomic E-state index is -3.51. The van der Waals surface area contributed by atoms with Gasteiger partial charge in [-0.2, -0.15) is 8.42 Å². The third-order valence-corrected chi connectivity index (χ3v) is 3.47. The Balaban J connectivity index is 3.76. The van der Waals surface area contributed by atoms with Crippen molar-refractivity contribution in [2.45, 2.75) is 19.8 Å². The van der Waals surface area contributed by atoms with Crippen molar-refractivity contribution in [2.75, 3.05) is 18.8 Å². The molecular weight excluding hydrogens is 242 g/mol. The highest BCUT2D eigenvalue weighted by Gasteiger charge is 2.08. The van der Waals surface area contributed by atoms with Crippen LogP contribution >= 0.6 is 0 Å². The van der Waals surface area contributed by atoms with Crippen molar-refractivity contribution in [3.05, 3.63) is 0 Å². The summed E-state index contributed by atoms with van der Waals surface area (Å²) in [6, 6.07) is 0. The van der Waals surface area contributed by atoms with Gasteiger partial charge in [0.05, 0.1) is 5.75 Å². The van der Waals surface area contributed by atoms with Crippen molar-refractivity contribution >= 4 is 20.2 Å². The summed E-state index contributed by atoms with van der Waals surface area (Å²) >= 11 is 0. The molecule has 0 radical (unpaired) electrons. The first kappa shape index (κ1) is 14.8. The summed E-state index contributed by atoms with van der Waals surface area (Å²) in [7, 11) is -7.01. The van der Waals surface area contributed by atoms with E-state index in [4.69, 9.17) is 5.14 Å². The van der Waals surface area contributed by atoms with Crippen LogP contribution in [-0.4, -0.2) is 35.7 Å². The number of hydrogen-bond donors (Lipinski definition) is 3. The van der Waals surface area contributed by atoms with Gasteiger partial charge in [0.25, 0.3) is 10.2 Å². The molecular formula is C6H17N3O4S2. The molecule has 0 atom stereocenters. The largest absolute Gasteiger partial charge is 0.276 e. The van der Waals surface area contributed by atoms with E-state index in [0.717, 1.165) is 0 Å². The molecule has 0 rings (SSSR count). The first-order valence-electron chi connectivity index (χ1n) is 4.51. The maximum atomic E-state index is 11.1. The predicted molar refractivity (Wildman–Crippen MR) is 57.8 cm³/mol. The number of hydrogen-bond acceptors (Lipinski definition) is 4. The summed E-state index contributed by atoms with van der Waals surface area (Å²) in [6.07, 6.45) is 0.851. The summed E-state index contributed by atoms with van der Waals surface area (Å²) in [5, 5.41) is 4.74. The Morgan fingerprint density at radius 2 is 1.60 bits per heavy atom. The summed E-state index contributed by atoms with van der Waals surface area (Å²) in [5.74, 6) is -0.233. The third kappa shape index (κ3) is 10.1. The molecule has 0 aliphatic rings. The van der Waals surface area contributed by atoms with E-state index in [1.807, 2.05) is 6.92 Å². The van der Waals surface area contributed by atoms with Crippen molar-refractivity contribution in [1.29, 1.82) is 0 Å². The Hall–Kier alpha value is -0.220. The molecule has 7 nitrogen and oxygen atoms in total. The van der Waals surface area contributed by atoms with Gasteiger partial charge >= 0.3 is 0 Å². The molecule has 92 valence electrons. The fourth-order valence-electron chi connectivity index (χ4n) is 0.767. The maximum Gasteiger partial charge on any atom is 0.276 e. The molecule has 0 unspecified atom stereocenters. The summed E-state index contributed by atoms with van der Waals surface area (Å²) < 4.78 is 47.7. The topological polar surface area (TPSA) is 118 Å². The Kier molecular flexibility index (Phi) is 6.29. The molecule has 0 bridgehead atoms. The summed E-state index contributed by atoms with van der Waals surface area (Å²) in [6.45, 7) is 2.24. The average Bonchev–Trinajstić information content (AvgIpc) is 2.08. The van der Waals surface area contributed by atoms with Gasteiger partial charge in [0.15, 0.2) is 0 Å². The van der Waals surface area contributed by atoms with E-state index in [-0.39, 0.29) is 18.7 Å². The summed E-state index contributed by atoms with van der Waals surface area (Å²) in [4.78, 5) is 0. The quantitative estimate of drug-likeness (QED) is 0.460. The normalized spacial score (nSPS) is 12.9. The molecule has 0 amide bonds. The standard InChI is InChI=1S/C6H17N3O4S2/c1-2-4-8-15(12,13)9-5-3-6-14(7,10)11/h8-9H,2-6H2,1H3,(H2,7,10,11). The van der Waals surface area contributed by atoms with Crippen molar-refractivity contribution in [2.24, 2.45) is 5.14 Å². The van der Waals surface area contributed by atoms with Gasteiger partial charge in [0, 0.05) is 13.1 Å². The van der Waals surface area contributed by atoms with E-state index in [9.17, 15) is 16.8 Å². The molecule has 0 aliphatic carbocycles. The molecule has 4 N–H and O–H groups in total. The molecule has 0 fully saturated rings. The highest BCUT2D eigenvalue weighted by molar-refractivity contribution is 7.89. The van der Waals surface area contributed by atoms with Gasteiger partial charge in [-0.05, 0) is 12.8 Å². The zero-order valence-corrected chi connectivity index (χ0v) is 10.2. The van der Waals surface area contributed by atoms with Crippen molar-refractivity contribution < 1.29 is 16.8 Å². The molecule has 0 saturated carbocycles. The van der Waals surface area contributed by atoms with Gasteiger partial charge in [-0.3, -0.25) is 0 Å². The van der Waals surface area contributed by atoms with Crippen LogP contribution in [0.4, 0.5) is 0 Å². The van der Waals surface area contributed by atoms with E-state index in [0.29, 0.717) is 13.0 Å². The van der Waals surface area contributed by atoms with Crippen molar-refractivity contribution in [3.8, 4) is 0 Å². The predicted octanol–water partition coefficient (Wildman–Crippen LogP) is -1.50. The zero-order valence-electron chi connectivity index (χ0n) is 8.56. The van der Waals surface area contributed by atoms with Gasteiger partial charge < -0.3 is 0 Å². The number of rotatable bonds is 8. The van der Waals surface area contributed by atoms with Crippen LogP contribution in [0, 0.1) is 0 Å². The van der Waals surface area contributed by atoms with Gasteiger partial charge in [-0.1, -0.05) is 6.92 Å². The maximum absolute atomic E-state index is 11.1. The first-order chi connectivity index (χ1) is 6.77. The number of sulfonamides is 1. The Morgan fingerprint density at radius 3 is 2.07 bits per heavy atom. The Bertz CT molecular complexity index is 362. The monoisotopic (exact) mass is 259 g/mol. The molecule has 0 aromatic rings. The van der Waals surface area contributed by atoms with E-state index in [1.165, 1.54) is 0 Å². The number of nitrogens with two attached hydrogens (primary N) is 1. The SMILES string of the molecule is CCCNS(=O)(=O)NCCCS(N)(=O)=O. The smallest absolute Gasteiger partial charge is 0.229 e. The van der Waals surface area contributed by atoms with Crippen LogP contribution in [0.3, 0.4) is 0 Å². The second-order valence-electron chi connectivity index (χ2n) is 3.01. The van der Waals surface area contributed by atoms with E-state index >= 15 is 0 Å². The van der Waals surface area contributed by atoms with Crippen LogP contribution in [0.5, 0.6) is 0 Å². The van der Waals surface area contributed by atoms with E-state index in [2.05, 4.69) is 9.44 Å². The zero-order chi connectivity index (χ0) is 11.9. The highest BCUT2D eigenvalue weighted by Crippen LogP contribution is 1.85. The van der Waals surface area contributed by atoms with Crippen molar-refractivity contribution in [1.82, 2.24) is 9.44 Å². The molecule has 0 saturated heterocycles. The Labute approximate surface area is 90.7 Å². The molecule has 0 heterocycles. The average molecular weight is 259 g/mol. The van der Waals surface area contributed by atoms with E-state index < -0.39 is 20.2 Å². The molecule has 0 aliphatic heterocycles. The lowest BCUT2D eigenvalue weighted by Crippen LogP contribution is -2.38. The van der Waals surface area contributed by atoms with E-state index in [1.54, 1.807) is 0 Å². The van der Waals surface area contributed by atoms with Gasteiger partial charge in [0.1, 0.15) is 0 Å². The van der Waals surface area contributed by atoms with Crippen LogP contribution in [0.2, 0.25) is 0 Å². The van der Waals surface area contributed by atoms with Crippen LogP contribution < -0.4 is 14.6 Å². The number of primary sulfonamides is 1. The lowest BCUT2D eigenvalue weighted by molar-refractivity contribution is 0.563. The minimum Gasteiger partial charge on any atom is -0.229 e. The highest BCUT2D eigenvalue weighted by atomic mass is 32.2. The van der Waals surface area contributed by atoms with Gasteiger partial charge in [-0.25, -0.2) is 23.0 Å². The molecule has 0 aromatic heterocycles. The summed E-state index contributed by atoms with van der Waals surface area (Å²) in [5.41, 5.74) is 0. The molecule has 0 aromatic carbocycles. The van der Waals surface area contributed by atoms with Gasteiger partial charge in [0.2, 0.25) is 10.0 Å². The number of nitrogens with one attached hydrogen (secondary N) is 2.